The topological polar surface area (TPSA) is 54.0 Å². The Bertz CT molecular complexity index is 1080. The lowest BCUT2D eigenvalue weighted by atomic mass is 9.62. The number of rotatable bonds is 0. The van der Waals surface area contributed by atoms with Crippen LogP contribution in [0.5, 0.6) is 11.5 Å². The predicted molar refractivity (Wildman–Crippen MR) is 133 cm³/mol. The summed E-state index contributed by atoms with van der Waals surface area (Å²) in [6, 6.07) is 4.40. The summed E-state index contributed by atoms with van der Waals surface area (Å²) < 4.78 is 12.4. The van der Waals surface area contributed by atoms with Crippen LogP contribution >= 0.6 is 0 Å². The number of nitrogens with one attached hydrogen (secondary N) is 1. The van der Waals surface area contributed by atoms with Crippen molar-refractivity contribution in [2.75, 3.05) is 32.0 Å². The number of amides is 1. The standard InChI is InChI=1S/C28H39N3O3/c1-18-26(4,5)27(15-28(18)17-31-13-8-7-9-20(31)24(32)30(28)6)16-29-22-19(27)10-11-21-23(22)33-14-12-25(2,3)34-21/h10-12,14,18,20,29H,7-9,13,15-17H2,1-6H3/t18?,20-,27+,28-/m1/s1. The van der Waals surface area contributed by atoms with Crippen LogP contribution in [-0.2, 0) is 10.2 Å². The molecule has 184 valence electrons. The molecule has 6 heteroatoms. The molecule has 1 N–H and O–H groups in total. The van der Waals surface area contributed by atoms with E-state index in [0.29, 0.717) is 11.8 Å². The highest BCUT2D eigenvalue weighted by Crippen LogP contribution is 2.67. The highest BCUT2D eigenvalue weighted by Gasteiger charge is 2.69. The third kappa shape index (κ3) is 2.69. The van der Waals surface area contributed by atoms with E-state index in [2.05, 4.69) is 55.1 Å². The molecule has 0 radical (unpaired) electrons. The van der Waals surface area contributed by atoms with Gasteiger partial charge in [-0.25, -0.2) is 0 Å². The molecular weight excluding hydrogens is 426 g/mol. The molecule has 6 nitrogen and oxygen atoms in total. The maximum atomic E-state index is 13.6. The van der Waals surface area contributed by atoms with Crippen LogP contribution in [0.15, 0.2) is 24.5 Å². The molecule has 1 aromatic rings. The lowest BCUT2D eigenvalue weighted by Crippen LogP contribution is -2.69. The summed E-state index contributed by atoms with van der Waals surface area (Å²) in [5.41, 5.74) is 1.65. The number of piperazine rings is 1. The van der Waals surface area contributed by atoms with E-state index >= 15 is 0 Å². The second-order valence-corrected chi connectivity index (χ2v) is 12.5. The molecule has 1 amide bonds. The van der Waals surface area contributed by atoms with Gasteiger partial charge in [0.2, 0.25) is 5.91 Å². The Hall–Kier alpha value is -2.21. The average molecular weight is 466 g/mol. The van der Waals surface area contributed by atoms with Crippen molar-refractivity contribution in [2.24, 2.45) is 11.3 Å². The van der Waals surface area contributed by atoms with E-state index in [1.165, 1.54) is 12.0 Å². The Kier molecular flexibility index (Phi) is 4.54. The SMILES string of the molecule is CC1C(C)(C)[C@]2(CNc3c2ccc2c3OC=CC(C)(C)O2)C[C@@]12CN1CCCC[C@@H]1C(=O)N2C. The van der Waals surface area contributed by atoms with Crippen LogP contribution in [0, 0.1) is 11.3 Å². The molecule has 1 aromatic carbocycles. The Morgan fingerprint density at radius 3 is 2.74 bits per heavy atom. The number of ether oxygens (including phenoxy) is 2. The van der Waals surface area contributed by atoms with Crippen molar-refractivity contribution >= 4 is 11.6 Å². The molecule has 3 fully saturated rings. The third-order valence-electron chi connectivity index (χ3n) is 10.3. The number of hydrogen-bond acceptors (Lipinski definition) is 5. The van der Waals surface area contributed by atoms with Crippen LogP contribution in [0.3, 0.4) is 0 Å². The van der Waals surface area contributed by atoms with E-state index in [-0.39, 0.29) is 22.4 Å². The van der Waals surface area contributed by atoms with Gasteiger partial charge >= 0.3 is 0 Å². The fourth-order valence-electron chi connectivity index (χ4n) is 7.94. The number of carbonyl (C=O) groups excluding carboxylic acids is 1. The van der Waals surface area contributed by atoms with Gasteiger partial charge in [-0.1, -0.05) is 33.3 Å². The monoisotopic (exact) mass is 465 g/mol. The molecule has 1 aliphatic carbocycles. The van der Waals surface area contributed by atoms with Crippen molar-refractivity contribution in [3.8, 4) is 11.5 Å². The van der Waals surface area contributed by atoms with Crippen LogP contribution in [-0.4, -0.2) is 59.6 Å². The van der Waals surface area contributed by atoms with E-state index < -0.39 is 5.60 Å². The van der Waals surface area contributed by atoms with Gasteiger partial charge in [0.05, 0.1) is 23.5 Å². The summed E-state index contributed by atoms with van der Waals surface area (Å²) in [6.45, 7) is 14.2. The maximum Gasteiger partial charge on any atom is 0.240 e. The molecule has 4 atom stereocenters. The Balaban J connectivity index is 1.45. The summed E-state index contributed by atoms with van der Waals surface area (Å²) in [7, 11) is 2.07. The Morgan fingerprint density at radius 1 is 1.15 bits per heavy atom. The molecule has 4 heterocycles. The lowest BCUT2D eigenvalue weighted by molar-refractivity contribution is -0.157. The summed E-state index contributed by atoms with van der Waals surface area (Å²) >= 11 is 0. The van der Waals surface area contributed by atoms with Crippen molar-refractivity contribution in [3.05, 3.63) is 30.0 Å². The molecule has 0 aromatic heterocycles. The summed E-state index contributed by atoms with van der Waals surface area (Å²) in [5.74, 6) is 2.23. The third-order valence-corrected chi connectivity index (χ3v) is 10.3. The largest absolute Gasteiger partial charge is 0.480 e. The zero-order chi connectivity index (χ0) is 24.1. The van der Waals surface area contributed by atoms with Crippen molar-refractivity contribution < 1.29 is 14.3 Å². The fourth-order valence-corrected chi connectivity index (χ4v) is 7.94. The average Bonchev–Trinajstić information content (AvgIpc) is 3.17. The number of carbonyl (C=O) groups is 1. The van der Waals surface area contributed by atoms with Crippen LogP contribution in [0.4, 0.5) is 5.69 Å². The maximum absolute atomic E-state index is 13.6. The normalized spacial score (nSPS) is 37.5. The molecule has 0 bridgehead atoms. The minimum Gasteiger partial charge on any atom is -0.480 e. The molecule has 2 spiro atoms. The molecule has 6 rings (SSSR count). The zero-order valence-electron chi connectivity index (χ0n) is 21.5. The van der Waals surface area contributed by atoms with Crippen LogP contribution in [0.2, 0.25) is 0 Å². The van der Waals surface area contributed by atoms with Gasteiger partial charge in [-0.3, -0.25) is 9.69 Å². The first kappa shape index (κ1) is 22.3. The summed E-state index contributed by atoms with van der Waals surface area (Å²) in [5, 5.41) is 3.74. The second-order valence-electron chi connectivity index (χ2n) is 12.5. The van der Waals surface area contributed by atoms with Crippen molar-refractivity contribution in [1.82, 2.24) is 9.80 Å². The van der Waals surface area contributed by atoms with Gasteiger partial charge in [0.25, 0.3) is 0 Å². The van der Waals surface area contributed by atoms with Gasteiger partial charge in [0, 0.05) is 25.6 Å². The number of hydrogen-bond donors (Lipinski definition) is 1. The van der Waals surface area contributed by atoms with Gasteiger partial charge in [-0.15, -0.1) is 0 Å². The first-order valence-corrected chi connectivity index (χ1v) is 13.0. The zero-order valence-corrected chi connectivity index (χ0v) is 21.5. The van der Waals surface area contributed by atoms with Crippen LogP contribution in [0.1, 0.15) is 65.9 Å². The number of fused-ring (bicyclic) bond motifs is 5. The van der Waals surface area contributed by atoms with Crippen LogP contribution < -0.4 is 14.8 Å². The van der Waals surface area contributed by atoms with E-state index in [4.69, 9.17) is 9.47 Å². The van der Waals surface area contributed by atoms with E-state index in [1.807, 2.05) is 19.9 Å². The van der Waals surface area contributed by atoms with Gasteiger partial charge in [0.15, 0.2) is 11.5 Å². The van der Waals surface area contributed by atoms with Gasteiger partial charge in [-0.2, -0.15) is 0 Å². The van der Waals surface area contributed by atoms with Crippen molar-refractivity contribution in [2.45, 2.75) is 82.9 Å². The van der Waals surface area contributed by atoms with E-state index in [1.54, 1.807) is 6.26 Å². The van der Waals surface area contributed by atoms with Crippen molar-refractivity contribution in [3.63, 3.8) is 0 Å². The highest BCUT2D eigenvalue weighted by atomic mass is 16.5. The summed E-state index contributed by atoms with van der Waals surface area (Å²) in [4.78, 5) is 18.3. The number of piperidine rings is 1. The lowest BCUT2D eigenvalue weighted by Gasteiger charge is -2.55. The molecule has 34 heavy (non-hydrogen) atoms. The quantitative estimate of drug-likeness (QED) is 0.610. The van der Waals surface area contributed by atoms with E-state index in [0.717, 1.165) is 56.1 Å². The van der Waals surface area contributed by atoms with Crippen molar-refractivity contribution in [1.29, 1.82) is 0 Å². The van der Waals surface area contributed by atoms with Gasteiger partial charge in [0.1, 0.15) is 5.60 Å². The molecule has 4 aliphatic heterocycles. The highest BCUT2D eigenvalue weighted by molar-refractivity contribution is 5.84. The Morgan fingerprint density at radius 2 is 1.94 bits per heavy atom. The first-order chi connectivity index (χ1) is 16.0. The number of nitrogens with zero attached hydrogens (tertiary/aromatic N) is 2. The number of likely N-dealkylation sites (N-methyl/N-ethyl adjacent to an activating group) is 1. The molecule has 1 saturated carbocycles. The number of benzene rings is 1. The minimum absolute atomic E-state index is 0.0165. The minimum atomic E-state index is -0.420. The molecule has 2 saturated heterocycles. The van der Waals surface area contributed by atoms with E-state index in [9.17, 15) is 4.79 Å². The smallest absolute Gasteiger partial charge is 0.240 e. The first-order valence-electron chi connectivity index (χ1n) is 13.0. The van der Waals surface area contributed by atoms with Gasteiger partial charge < -0.3 is 19.7 Å². The molecule has 5 aliphatic rings. The van der Waals surface area contributed by atoms with Gasteiger partial charge in [-0.05, 0) is 68.7 Å². The molecular formula is C28H39N3O3. The predicted octanol–water partition coefficient (Wildman–Crippen LogP) is 4.54. The number of anilines is 1. The summed E-state index contributed by atoms with van der Waals surface area (Å²) in [6.07, 6.45) is 8.03. The Labute approximate surface area is 203 Å². The van der Waals surface area contributed by atoms with Crippen LogP contribution in [0.25, 0.3) is 0 Å². The fraction of sp³-hybridized carbons (Fsp3) is 0.679. The molecule has 1 unspecified atom stereocenters. The second kappa shape index (κ2) is 6.93.